The smallest absolute Gasteiger partial charge is 0.243 e. The van der Waals surface area contributed by atoms with Gasteiger partial charge >= 0.3 is 0 Å². The largest absolute Gasteiger partial charge is 0.341 e. The summed E-state index contributed by atoms with van der Waals surface area (Å²) in [4.78, 5) is 3.78. The number of hydrogen-bond donors (Lipinski definition) is 0. The highest BCUT2D eigenvalue weighted by Crippen LogP contribution is 1.73. The SMILES string of the molecule is Cn1cc[n+](C)c1.Cn1ccnc1. The van der Waals surface area contributed by atoms with Crippen LogP contribution in [-0.2, 0) is 21.1 Å². The van der Waals surface area contributed by atoms with E-state index in [2.05, 4.69) is 4.98 Å². The Bertz CT molecular complexity index is 318. The van der Waals surface area contributed by atoms with E-state index in [9.17, 15) is 0 Å². The van der Waals surface area contributed by atoms with Crippen molar-refractivity contribution in [2.45, 2.75) is 0 Å². The van der Waals surface area contributed by atoms with Crippen molar-refractivity contribution in [3.63, 3.8) is 0 Å². The molecule has 2 heterocycles. The fourth-order valence-electron chi connectivity index (χ4n) is 0.900. The molecule has 0 N–H and O–H groups in total. The summed E-state index contributed by atoms with van der Waals surface area (Å²) in [6, 6.07) is 0. The van der Waals surface area contributed by atoms with Gasteiger partial charge in [-0.05, 0) is 0 Å². The van der Waals surface area contributed by atoms with E-state index in [0.29, 0.717) is 0 Å². The van der Waals surface area contributed by atoms with Crippen LogP contribution in [0.5, 0.6) is 0 Å². The first-order valence-electron chi connectivity index (χ1n) is 4.07. The minimum atomic E-state index is 1.75. The van der Waals surface area contributed by atoms with E-state index in [-0.39, 0.29) is 0 Å². The van der Waals surface area contributed by atoms with Crippen molar-refractivity contribution in [3.8, 4) is 0 Å². The summed E-state index contributed by atoms with van der Waals surface area (Å²) < 4.78 is 5.89. The predicted octanol–water partition coefficient (Wildman–Crippen LogP) is 0.270. The van der Waals surface area contributed by atoms with Crippen LogP contribution in [0.3, 0.4) is 0 Å². The molecule has 0 aliphatic heterocycles. The van der Waals surface area contributed by atoms with Gasteiger partial charge in [-0.3, -0.25) is 0 Å². The normalized spacial score (nSPS) is 9.15. The summed E-state index contributed by atoms with van der Waals surface area (Å²) in [5.41, 5.74) is 0. The third kappa shape index (κ3) is 3.55. The number of rotatable bonds is 0. The van der Waals surface area contributed by atoms with E-state index in [1.54, 1.807) is 12.5 Å². The number of aryl methyl sites for hydroxylation is 3. The summed E-state index contributed by atoms with van der Waals surface area (Å²) in [5, 5.41) is 0. The lowest BCUT2D eigenvalue weighted by molar-refractivity contribution is -0.670. The molecule has 0 aliphatic rings. The van der Waals surface area contributed by atoms with Crippen molar-refractivity contribution >= 4 is 0 Å². The maximum atomic E-state index is 3.78. The Morgan fingerprint density at radius 3 is 2.08 bits per heavy atom. The van der Waals surface area contributed by atoms with Gasteiger partial charge < -0.3 is 4.57 Å². The Morgan fingerprint density at radius 2 is 1.92 bits per heavy atom. The molecule has 0 aromatic carbocycles. The van der Waals surface area contributed by atoms with E-state index in [4.69, 9.17) is 0 Å². The average Bonchev–Trinajstić information content (AvgIpc) is 2.64. The second-order valence-corrected chi connectivity index (χ2v) is 2.97. The summed E-state index contributed by atoms with van der Waals surface area (Å²) in [7, 11) is 5.94. The molecule has 2 aromatic heterocycles. The quantitative estimate of drug-likeness (QED) is 0.533. The van der Waals surface area contributed by atoms with Gasteiger partial charge in [-0.15, -0.1) is 0 Å². The van der Waals surface area contributed by atoms with Crippen LogP contribution in [0.2, 0.25) is 0 Å². The van der Waals surface area contributed by atoms with Crippen LogP contribution in [0.25, 0.3) is 0 Å². The third-order valence-corrected chi connectivity index (χ3v) is 1.54. The Kier molecular flexibility index (Phi) is 3.25. The summed E-state index contributed by atoms with van der Waals surface area (Å²) >= 11 is 0. The van der Waals surface area contributed by atoms with Gasteiger partial charge in [0.1, 0.15) is 12.4 Å². The van der Waals surface area contributed by atoms with Gasteiger partial charge in [-0.25, -0.2) is 14.1 Å². The average molecular weight is 179 g/mol. The highest BCUT2D eigenvalue weighted by molar-refractivity contribution is 4.70. The lowest BCUT2D eigenvalue weighted by Gasteiger charge is -1.76. The first-order chi connectivity index (χ1) is 6.18. The van der Waals surface area contributed by atoms with Crippen molar-refractivity contribution < 1.29 is 4.57 Å². The molecule has 0 saturated heterocycles. The fraction of sp³-hybridized carbons (Fsp3) is 0.333. The Balaban J connectivity index is 0.000000132. The molecule has 0 unspecified atom stereocenters. The zero-order chi connectivity index (χ0) is 9.68. The van der Waals surface area contributed by atoms with E-state index in [0.717, 1.165) is 0 Å². The molecule has 4 heteroatoms. The molecule has 13 heavy (non-hydrogen) atoms. The lowest BCUT2D eigenvalue weighted by atomic mass is 10.9. The molecule has 2 aromatic rings. The highest BCUT2D eigenvalue weighted by Gasteiger charge is 1.87. The first kappa shape index (κ1) is 9.51. The van der Waals surface area contributed by atoms with E-state index in [1.165, 1.54) is 0 Å². The van der Waals surface area contributed by atoms with Crippen LogP contribution in [0.1, 0.15) is 0 Å². The second kappa shape index (κ2) is 4.45. The number of hydrogen-bond acceptors (Lipinski definition) is 1. The van der Waals surface area contributed by atoms with Gasteiger partial charge in [0.15, 0.2) is 0 Å². The van der Waals surface area contributed by atoms with Gasteiger partial charge in [0.25, 0.3) is 0 Å². The number of imidazole rings is 2. The van der Waals surface area contributed by atoms with Crippen LogP contribution < -0.4 is 4.57 Å². The van der Waals surface area contributed by atoms with Crippen LogP contribution in [0.15, 0.2) is 37.4 Å². The van der Waals surface area contributed by atoms with Crippen LogP contribution in [0.4, 0.5) is 0 Å². The zero-order valence-electron chi connectivity index (χ0n) is 8.25. The third-order valence-electron chi connectivity index (χ3n) is 1.54. The Labute approximate surface area is 78.1 Å². The molecule has 0 atom stereocenters. The minimum Gasteiger partial charge on any atom is -0.341 e. The monoisotopic (exact) mass is 179 g/mol. The van der Waals surface area contributed by atoms with Gasteiger partial charge in [0.05, 0.1) is 20.4 Å². The van der Waals surface area contributed by atoms with Crippen molar-refractivity contribution in [2.75, 3.05) is 0 Å². The molecule has 4 nitrogen and oxygen atoms in total. The van der Waals surface area contributed by atoms with Crippen LogP contribution in [-0.4, -0.2) is 14.1 Å². The summed E-state index contributed by atoms with van der Waals surface area (Å²) in [5.74, 6) is 0. The van der Waals surface area contributed by atoms with Gasteiger partial charge in [-0.2, -0.15) is 0 Å². The molecule has 0 amide bonds. The molecule has 0 bridgehead atoms. The van der Waals surface area contributed by atoms with Crippen molar-refractivity contribution in [1.82, 2.24) is 14.1 Å². The van der Waals surface area contributed by atoms with E-state index in [1.807, 2.05) is 59.8 Å². The summed E-state index contributed by atoms with van der Waals surface area (Å²) in [6.45, 7) is 0. The Hall–Kier alpha value is -1.58. The molecular formula is C9H15N4+. The molecule has 0 radical (unpaired) electrons. The van der Waals surface area contributed by atoms with Gasteiger partial charge in [0.2, 0.25) is 6.33 Å². The molecule has 0 aliphatic carbocycles. The molecule has 0 spiro atoms. The lowest BCUT2D eigenvalue weighted by Crippen LogP contribution is -2.23. The first-order valence-corrected chi connectivity index (χ1v) is 4.07. The topological polar surface area (TPSA) is 26.6 Å². The van der Waals surface area contributed by atoms with Gasteiger partial charge in [-0.1, -0.05) is 0 Å². The van der Waals surface area contributed by atoms with Crippen LogP contribution in [0, 0.1) is 0 Å². The number of aromatic nitrogens is 4. The number of nitrogens with zero attached hydrogens (tertiary/aromatic N) is 4. The fourth-order valence-corrected chi connectivity index (χ4v) is 0.900. The predicted molar refractivity (Wildman–Crippen MR) is 49.8 cm³/mol. The molecule has 0 fully saturated rings. The highest BCUT2D eigenvalue weighted by atomic mass is 15.1. The standard InChI is InChI=1S/C5H9N2.C4H6N2/c1-6-3-4-7(2)5-6;1-6-3-2-5-4-6/h3-5H,1-2H3;2-4H,1H3/q+1;. The van der Waals surface area contributed by atoms with E-state index < -0.39 is 0 Å². The summed E-state index contributed by atoms with van der Waals surface area (Å²) in [6.07, 6.45) is 11.4. The Morgan fingerprint density at radius 1 is 1.15 bits per heavy atom. The van der Waals surface area contributed by atoms with Crippen LogP contribution >= 0.6 is 0 Å². The van der Waals surface area contributed by atoms with Crippen molar-refractivity contribution in [1.29, 1.82) is 0 Å². The molecule has 2 rings (SSSR count). The molecule has 0 saturated carbocycles. The minimum absolute atomic E-state index is 1.75. The van der Waals surface area contributed by atoms with Gasteiger partial charge in [0, 0.05) is 19.4 Å². The maximum absolute atomic E-state index is 3.78. The van der Waals surface area contributed by atoms with E-state index >= 15 is 0 Å². The second-order valence-electron chi connectivity index (χ2n) is 2.97. The maximum Gasteiger partial charge on any atom is 0.243 e. The molecular weight excluding hydrogens is 164 g/mol. The molecule has 70 valence electrons. The van der Waals surface area contributed by atoms with Crippen molar-refractivity contribution in [2.24, 2.45) is 21.1 Å². The zero-order valence-corrected chi connectivity index (χ0v) is 8.25. The van der Waals surface area contributed by atoms with Crippen molar-refractivity contribution in [3.05, 3.63) is 37.4 Å².